The number of nitrogens with one attached hydrogen (secondary N) is 1. The maximum absolute atomic E-state index is 12.3. The van der Waals surface area contributed by atoms with Crippen LogP contribution in [-0.2, 0) is 4.79 Å². The van der Waals surface area contributed by atoms with Crippen molar-refractivity contribution in [3.05, 3.63) is 59.6 Å². The maximum Gasteiger partial charge on any atom is 0.279 e. The minimum atomic E-state index is -0.739. The van der Waals surface area contributed by atoms with Gasteiger partial charge in [0.2, 0.25) is 0 Å². The van der Waals surface area contributed by atoms with Gasteiger partial charge in [-0.1, -0.05) is 29.8 Å². The molecular formula is C16H16ClN3O2S. The van der Waals surface area contributed by atoms with E-state index in [1.54, 1.807) is 43.3 Å². The van der Waals surface area contributed by atoms with E-state index < -0.39 is 6.10 Å². The highest BCUT2D eigenvalue weighted by Gasteiger charge is 2.19. The van der Waals surface area contributed by atoms with Crippen LogP contribution in [0.4, 0.5) is 5.69 Å². The van der Waals surface area contributed by atoms with Gasteiger partial charge in [0.05, 0.1) is 5.69 Å². The SMILES string of the molecule is CC(Oc1ccc(Cl)cc1)C(=O)NN(C(N)=S)c1ccccc1. The summed E-state index contributed by atoms with van der Waals surface area (Å²) in [6.45, 7) is 1.63. The molecule has 3 N–H and O–H groups in total. The van der Waals surface area contributed by atoms with Gasteiger partial charge in [0.25, 0.3) is 5.91 Å². The Morgan fingerprint density at radius 2 is 1.83 bits per heavy atom. The van der Waals surface area contributed by atoms with Gasteiger partial charge in [-0.25, -0.2) is 5.01 Å². The van der Waals surface area contributed by atoms with E-state index in [0.717, 1.165) is 0 Å². The smallest absolute Gasteiger partial charge is 0.279 e. The van der Waals surface area contributed by atoms with Crippen LogP contribution in [0.15, 0.2) is 54.6 Å². The number of amides is 1. The Balaban J connectivity index is 2.03. The van der Waals surface area contributed by atoms with Gasteiger partial charge in [-0.15, -0.1) is 0 Å². The molecular weight excluding hydrogens is 334 g/mol. The molecule has 0 fully saturated rings. The molecule has 0 spiro atoms. The van der Waals surface area contributed by atoms with Crippen LogP contribution in [0, 0.1) is 0 Å². The van der Waals surface area contributed by atoms with Crippen LogP contribution in [0.5, 0.6) is 5.75 Å². The van der Waals surface area contributed by atoms with Crippen LogP contribution in [-0.4, -0.2) is 17.1 Å². The second kappa shape index (κ2) is 7.80. The third kappa shape index (κ3) is 4.84. The predicted molar refractivity (Wildman–Crippen MR) is 95.4 cm³/mol. The van der Waals surface area contributed by atoms with Crippen LogP contribution in [0.1, 0.15) is 6.92 Å². The monoisotopic (exact) mass is 349 g/mol. The van der Waals surface area contributed by atoms with Gasteiger partial charge in [-0.05, 0) is 55.5 Å². The van der Waals surface area contributed by atoms with E-state index in [1.165, 1.54) is 5.01 Å². The molecule has 0 saturated heterocycles. The topological polar surface area (TPSA) is 67.6 Å². The molecule has 0 saturated carbocycles. The summed E-state index contributed by atoms with van der Waals surface area (Å²) in [5.74, 6) is 0.162. The van der Waals surface area contributed by atoms with Crippen molar-refractivity contribution in [3.8, 4) is 5.75 Å². The molecule has 120 valence electrons. The second-order valence-corrected chi connectivity index (χ2v) is 5.55. The quantitative estimate of drug-likeness (QED) is 0.656. The molecule has 1 unspecified atom stereocenters. The zero-order valence-electron chi connectivity index (χ0n) is 12.4. The van der Waals surface area contributed by atoms with Crippen molar-refractivity contribution in [1.82, 2.24) is 5.43 Å². The lowest BCUT2D eigenvalue weighted by Crippen LogP contribution is -2.52. The Morgan fingerprint density at radius 1 is 1.22 bits per heavy atom. The number of hydrazine groups is 1. The van der Waals surface area contributed by atoms with Crippen molar-refractivity contribution in [2.75, 3.05) is 5.01 Å². The van der Waals surface area contributed by atoms with Gasteiger partial charge < -0.3 is 10.5 Å². The van der Waals surface area contributed by atoms with Crippen molar-refractivity contribution >= 4 is 40.5 Å². The maximum atomic E-state index is 12.3. The van der Waals surface area contributed by atoms with Crippen LogP contribution in [0.25, 0.3) is 0 Å². The lowest BCUT2D eigenvalue weighted by atomic mass is 10.3. The molecule has 0 aliphatic carbocycles. The molecule has 0 aliphatic heterocycles. The highest BCUT2D eigenvalue weighted by atomic mass is 35.5. The minimum Gasteiger partial charge on any atom is -0.481 e. The molecule has 23 heavy (non-hydrogen) atoms. The lowest BCUT2D eigenvalue weighted by molar-refractivity contribution is -0.127. The summed E-state index contributed by atoms with van der Waals surface area (Å²) >= 11 is 10.8. The fourth-order valence-corrected chi connectivity index (χ4v) is 2.07. The second-order valence-electron chi connectivity index (χ2n) is 4.70. The Bertz CT molecular complexity index is 679. The summed E-state index contributed by atoms with van der Waals surface area (Å²) in [4.78, 5) is 12.3. The number of ether oxygens (including phenoxy) is 1. The lowest BCUT2D eigenvalue weighted by Gasteiger charge is -2.25. The summed E-state index contributed by atoms with van der Waals surface area (Å²) in [7, 11) is 0. The van der Waals surface area contributed by atoms with Gasteiger partial charge in [0.15, 0.2) is 11.2 Å². The van der Waals surface area contributed by atoms with E-state index >= 15 is 0 Å². The molecule has 5 nitrogen and oxygen atoms in total. The summed E-state index contributed by atoms with van der Waals surface area (Å²) in [5.41, 5.74) is 8.97. The first-order valence-corrected chi connectivity index (χ1v) is 7.63. The van der Waals surface area contributed by atoms with E-state index in [0.29, 0.717) is 16.5 Å². The van der Waals surface area contributed by atoms with Crippen molar-refractivity contribution in [1.29, 1.82) is 0 Å². The summed E-state index contributed by atoms with van der Waals surface area (Å²) in [6.07, 6.45) is -0.739. The van der Waals surface area contributed by atoms with Crippen LogP contribution >= 0.6 is 23.8 Å². The van der Waals surface area contributed by atoms with E-state index in [-0.39, 0.29) is 11.0 Å². The Hall–Kier alpha value is -2.31. The fourth-order valence-electron chi connectivity index (χ4n) is 1.80. The van der Waals surface area contributed by atoms with Crippen LogP contribution in [0.2, 0.25) is 5.02 Å². The minimum absolute atomic E-state index is 0.0308. The number of carbonyl (C=O) groups is 1. The molecule has 0 aliphatic rings. The molecule has 2 aromatic carbocycles. The Labute approximate surface area is 145 Å². The number of rotatable bonds is 4. The normalized spacial score (nSPS) is 11.4. The molecule has 1 amide bonds. The van der Waals surface area contributed by atoms with Crippen molar-refractivity contribution < 1.29 is 9.53 Å². The molecule has 0 bridgehead atoms. The average molecular weight is 350 g/mol. The fraction of sp³-hybridized carbons (Fsp3) is 0.125. The number of para-hydroxylation sites is 1. The van der Waals surface area contributed by atoms with Crippen LogP contribution < -0.4 is 20.9 Å². The van der Waals surface area contributed by atoms with E-state index in [4.69, 9.17) is 34.3 Å². The standard InChI is InChI=1S/C16H16ClN3O2S/c1-11(22-14-9-7-12(17)8-10-14)15(21)19-20(16(18)23)13-5-3-2-4-6-13/h2-11H,1H3,(H2,18,23)(H,19,21). The first-order valence-electron chi connectivity index (χ1n) is 6.84. The first-order chi connectivity index (χ1) is 11.0. The molecule has 0 heterocycles. The first kappa shape index (κ1) is 17.1. The number of benzene rings is 2. The highest BCUT2D eigenvalue weighted by Crippen LogP contribution is 2.17. The van der Waals surface area contributed by atoms with E-state index in [9.17, 15) is 4.79 Å². The molecule has 2 rings (SSSR count). The van der Waals surface area contributed by atoms with Crippen molar-refractivity contribution in [3.63, 3.8) is 0 Å². The number of hydrogen-bond acceptors (Lipinski definition) is 3. The molecule has 1 atom stereocenters. The highest BCUT2D eigenvalue weighted by molar-refractivity contribution is 7.80. The van der Waals surface area contributed by atoms with Gasteiger partial charge >= 0.3 is 0 Å². The summed E-state index contributed by atoms with van der Waals surface area (Å²) < 4.78 is 5.57. The van der Waals surface area contributed by atoms with Crippen molar-refractivity contribution in [2.24, 2.45) is 5.73 Å². The number of nitrogens with zero attached hydrogens (tertiary/aromatic N) is 1. The number of hydrogen-bond donors (Lipinski definition) is 2. The number of carbonyl (C=O) groups excluding carboxylic acids is 1. The van der Waals surface area contributed by atoms with E-state index in [1.807, 2.05) is 18.2 Å². The zero-order valence-corrected chi connectivity index (χ0v) is 14.0. The third-order valence-electron chi connectivity index (χ3n) is 2.95. The number of thiocarbonyl (C=S) groups is 1. The average Bonchev–Trinajstić information content (AvgIpc) is 2.55. The molecule has 0 radical (unpaired) electrons. The summed E-state index contributed by atoms with van der Waals surface area (Å²) in [5, 5.41) is 1.96. The van der Waals surface area contributed by atoms with Crippen LogP contribution in [0.3, 0.4) is 0 Å². The third-order valence-corrected chi connectivity index (χ3v) is 3.39. The van der Waals surface area contributed by atoms with Crippen molar-refractivity contribution in [2.45, 2.75) is 13.0 Å². The van der Waals surface area contributed by atoms with Gasteiger partial charge in [-0.2, -0.15) is 0 Å². The Kier molecular flexibility index (Phi) is 5.78. The number of anilines is 1. The zero-order chi connectivity index (χ0) is 16.8. The Morgan fingerprint density at radius 3 is 2.39 bits per heavy atom. The number of halogens is 1. The predicted octanol–water partition coefficient (Wildman–Crippen LogP) is 2.89. The molecule has 7 heteroatoms. The largest absolute Gasteiger partial charge is 0.481 e. The van der Waals surface area contributed by atoms with Gasteiger partial charge in [0, 0.05) is 5.02 Å². The van der Waals surface area contributed by atoms with E-state index in [2.05, 4.69) is 5.43 Å². The molecule has 2 aromatic rings. The van der Waals surface area contributed by atoms with Gasteiger partial charge in [0.1, 0.15) is 5.75 Å². The number of nitrogens with two attached hydrogens (primary N) is 1. The van der Waals surface area contributed by atoms with Gasteiger partial charge in [-0.3, -0.25) is 10.2 Å². The molecule has 0 aromatic heterocycles. The summed E-state index contributed by atoms with van der Waals surface area (Å²) in [6, 6.07) is 15.8.